The highest BCUT2D eigenvalue weighted by molar-refractivity contribution is 5.76. The molecule has 0 aliphatic heterocycles. The number of carbonyl (C=O) groups is 1. The molecule has 1 aromatic heterocycles. The highest BCUT2D eigenvalue weighted by Gasteiger charge is 2.34. The zero-order chi connectivity index (χ0) is 14.8. The van der Waals surface area contributed by atoms with Gasteiger partial charge in [0.05, 0.1) is 11.7 Å². The molecule has 0 spiro atoms. The molecule has 0 radical (unpaired) electrons. The molecule has 3 heteroatoms. The number of aromatic nitrogens is 1. The Hall–Kier alpha value is -1.38. The maximum atomic E-state index is 12.2. The Morgan fingerprint density at radius 1 is 1.40 bits per heavy atom. The number of hydrogen-bond acceptors (Lipinski definition) is 2. The van der Waals surface area contributed by atoms with Crippen LogP contribution in [0.1, 0.15) is 63.9 Å². The van der Waals surface area contributed by atoms with Crippen LogP contribution in [0.4, 0.5) is 0 Å². The molecule has 110 valence electrons. The zero-order valence-corrected chi connectivity index (χ0v) is 13.1. The Kier molecular flexibility index (Phi) is 4.46. The van der Waals surface area contributed by atoms with E-state index in [1.165, 1.54) is 12.8 Å². The van der Waals surface area contributed by atoms with E-state index >= 15 is 0 Å². The lowest BCUT2D eigenvalue weighted by atomic mass is 9.90. The maximum absolute atomic E-state index is 12.2. The number of nitrogens with one attached hydrogen (secondary N) is 1. The molecule has 3 nitrogen and oxygen atoms in total. The van der Waals surface area contributed by atoms with Crippen LogP contribution in [0.25, 0.3) is 0 Å². The lowest BCUT2D eigenvalue weighted by Crippen LogP contribution is -2.31. The quantitative estimate of drug-likeness (QED) is 0.887. The minimum atomic E-state index is 0.0994. The SMILES string of the molecule is Cc1cccc(C(NC(=O)CCC(C)(C)C)C2CC2)n1. The second kappa shape index (κ2) is 5.94. The van der Waals surface area contributed by atoms with Crippen LogP contribution >= 0.6 is 0 Å². The van der Waals surface area contributed by atoms with Crippen LogP contribution in [0.15, 0.2) is 18.2 Å². The molecule has 1 heterocycles. The summed E-state index contributed by atoms with van der Waals surface area (Å²) in [5.74, 6) is 0.725. The summed E-state index contributed by atoms with van der Waals surface area (Å²) in [7, 11) is 0. The molecule has 2 rings (SSSR count). The van der Waals surface area contributed by atoms with Gasteiger partial charge in [-0.25, -0.2) is 0 Å². The van der Waals surface area contributed by atoms with Crippen LogP contribution < -0.4 is 5.32 Å². The largest absolute Gasteiger partial charge is 0.347 e. The van der Waals surface area contributed by atoms with Crippen molar-refractivity contribution in [3.63, 3.8) is 0 Å². The van der Waals surface area contributed by atoms with Gasteiger partial charge in [-0.05, 0) is 49.7 Å². The van der Waals surface area contributed by atoms with E-state index in [2.05, 4.69) is 31.1 Å². The van der Waals surface area contributed by atoms with Crippen molar-refractivity contribution in [2.45, 2.75) is 59.4 Å². The minimum Gasteiger partial charge on any atom is -0.347 e. The highest BCUT2D eigenvalue weighted by Crippen LogP contribution is 2.40. The van der Waals surface area contributed by atoms with E-state index in [0.29, 0.717) is 12.3 Å². The molecule has 0 bridgehead atoms. The summed E-state index contributed by atoms with van der Waals surface area (Å²) in [5, 5.41) is 3.19. The third-order valence-electron chi connectivity index (χ3n) is 3.74. The van der Waals surface area contributed by atoms with Crippen molar-refractivity contribution in [3.8, 4) is 0 Å². The monoisotopic (exact) mass is 274 g/mol. The molecule has 1 fully saturated rings. The van der Waals surface area contributed by atoms with Gasteiger partial charge in [-0.1, -0.05) is 26.8 Å². The Morgan fingerprint density at radius 2 is 2.10 bits per heavy atom. The molecule has 1 atom stereocenters. The van der Waals surface area contributed by atoms with Crippen molar-refractivity contribution in [1.29, 1.82) is 0 Å². The molecule has 20 heavy (non-hydrogen) atoms. The summed E-state index contributed by atoms with van der Waals surface area (Å²) in [5.41, 5.74) is 2.22. The Bertz CT molecular complexity index is 472. The second-order valence-electron chi connectivity index (χ2n) is 7.15. The summed E-state index contributed by atoms with van der Waals surface area (Å²) in [6.45, 7) is 8.50. The summed E-state index contributed by atoms with van der Waals surface area (Å²) >= 11 is 0. The standard InChI is InChI=1S/C17H26N2O/c1-12-6-5-7-14(18-12)16(13-8-9-13)19-15(20)10-11-17(2,3)4/h5-7,13,16H,8-11H2,1-4H3,(H,19,20). The van der Waals surface area contributed by atoms with Crippen LogP contribution in [0.2, 0.25) is 0 Å². The molecule has 0 saturated heterocycles. The smallest absolute Gasteiger partial charge is 0.220 e. The van der Waals surface area contributed by atoms with Crippen molar-refractivity contribution in [1.82, 2.24) is 10.3 Å². The molecule has 1 aliphatic rings. The van der Waals surface area contributed by atoms with E-state index in [-0.39, 0.29) is 17.4 Å². The van der Waals surface area contributed by atoms with Crippen molar-refractivity contribution in [2.75, 3.05) is 0 Å². The van der Waals surface area contributed by atoms with Gasteiger partial charge >= 0.3 is 0 Å². The average Bonchev–Trinajstić information content (AvgIpc) is 3.17. The van der Waals surface area contributed by atoms with Crippen molar-refractivity contribution in [2.24, 2.45) is 11.3 Å². The molecule has 1 unspecified atom stereocenters. The van der Waals surface area contributed by atoms with Gasteiger partial charge in [0.1, 0.15) is 0 Å². The van der Waals surface area contributed by atoms with Gasteiger partial charge < -0.3 is 5.32 Å². The first kappa shape index (κ1) is 15.0. The summed E-state index contributed by atoms with van der Waals surface area (Å²) in [4.78, 5) is 16.7. The first-order chi connectivity index (χ1) is 9.35. The van der Waals surface area contributed by atoms with E-state index < -0.39 is 0 Å². The van der Waals surface area contributed by atoms with Crippen LogP contribution in [0.3, 0.4) is 0 Å². The first-order valence-electron chi connectivity index (χ1n) is 7.58. The molecular formula is C17H26N2O. The molecule has 1 aromatic rings. The van der Waals surface area contributed by atoms with Crippen LogP contribution in [-0.2, 0) is 4.79 Å². The zero-order valence-electron chi connectivity index (χ0n) is 13.1. The summed E-state index contributed by atoms with van der Waals surface area (Å²) in [6.07, 6.45) is 3.90. The van der Waals surface area contributed by atoms with Crippen molar-refractivity contribution in [3.05, 3.63) is 29.6 Å². The van der Waals surface area contributed by atoms with E-state index in [1.807, 2.05) is 25.1 Å². The molecule has 1 amide bonds. The molecular weight excluding hydrogens is 248 g/mol. The Balaban J connectivity index is 1.98. The molecule has 0 aromatic carbocycles. The number of rotatable bonds is 5. The van der Waals surface area contributed by atoms with E-state index in [4.69, 9.17) is 0 Å². The number of aryl methyl sites for hydroxylation is 1. The normalized spacial score (nSPS) is 16.8. The van der Waals surface area contributed by atoms with Gasteiger partial charge in [0.25, 0.3) is 0 Å². The Labute approximate surface area is 122 Å². The number of pyridine rings is 1. The first-order valence-corrected chi connectivity index (χ1v) is 7.58. The predicted molar refractivity (Wildman–Crippen MR) is 81.3 cm³/mol. The van der Waals surface area contributed by atoms with E-state index in [9.17, 15) is 4.79 Å². The van der Waals surface area contributed by atoms with Crippen LogP contribution in [0, 0.1) is 18.3 Å². The van der Waals surface area contributed by atoms with Crippen molar-refractivity contribution < 1.29 is 4.79 Å². The predicted octanol–water partition coefficient (Wildman–Crippen LogP) is 3.78. The maximum Gasteiger partial charge on any atom is 0.220 e. The fourth-order valence-electron chi connectivity index (χ4n) is 2.33. The molecule has 1 aliphatic carbocycles. The second-order valence-corrected chi connectivity index (χ2v) is 7.15. The van der Waals surface area contributed by atoms with E-state index in [1.54, 1.807) is 0 Å². The summed E-state index contributed by atoms with van der Waals surface area (Å²) in [6, 6.07) is 6.14. The number of carbonyl (C=O) groups excluding carboxylic acids is 1. The third-order valence-corrected chi connectivity index (χ3v) is 3.74. The lowest BCUT2D eigenvalue weighted by molar-refractivity contribution is -0.122. The van der Waals surface area contributed by atoms with Crippen LogP contribution in [0.5, 0.6) is 0 Å². The topological polar surface area (TPSA) is 42.0 Å². The number of amides is 1. The van der Waals surface area contributed by atoms with Gasteiger partial charge in [0.15, 0.2) is 0 Å². The minimum absolute atomic E-state index is 0.0994. The van der Waals surface area contributed by atoms with E-state index in [0.717, 1.165) is 17.8 Å². The van der Waals surface area contributed by atoms with Gasteiger partial charge in [0, 0.05) is 12.1 Å². The van der Waals surface area contributed by atoms with Crippen LogP contribution in [-0.4, -0.2) is 10.9 Å². The van der Waals surface area contributed by atoms with Gasteiger partial charge in [-0.3, -0.25) is 9.78 Å². The average molecular weight is 274 g/mol. The van der Waals surface area contributed by atoms with Gasteiger partial charge in [0.2, 0.25) is 5.91 Å². The number of hydrogen-bond donors (Lipinski definition) is 1. The van der Waals surface area contributed by atoms with Gasteiger partial charge in [-0.15, -0.1) is 0 Å². The number of nitrogens with zero attached hydrogens (tertiary/aromatic N) is 1. The van der Waals surface area contributed by atoms with Gasteiger partial charge in [-0.2, -0.15) is 0 Å². The molecule has 1 saturated carbocycles. The summed E-state index contributed by atoms with van der Waals surface area (Å²) < 4.78 is 0. The highest BCUT2D eigenvalue weighted by atomic mass is 16.1. The Morgan fingerprint density at radius 3 is 2.65 bits per heavy atom. The third kappa shape index (κ3) is 4.62. The fourth-order valence-corrected chi connectivity index (χ4v) is 2.33. The fraction of sp³-hybridized carbons (Fsp3) is 0.647. The van der Waals surface area contributed by atoms with Crippen molar-refractivity contribution >= 4 is 5.91 Å². The molecule has 1 N–H and O–H groups in total. The lowest BCUT2D eigenvalue weighted by Gasteiger charge is -2.21.